The molecule has 1 aromatic heterocycles. The predicted molar refractivity (Wildman–Crippen MR) is 135 cm³/mol. The van der Waals surface area contributed by atoms with Gasteiger partial charge in [0.25, 0.3) is 0 Å². The monoisotopic (exact) mass is 534 g/mol. The van der Waals surface area contributed by atoms with Crippen molar-refractivity contribution in [2.24, 2.45) is 0 Å². The van der Waals surface area contributed by atoms with Crippen LogP contribution in [-0.4, -0.2) is 46.7 Å². The number of unbranched alkanes of at least 4 members (excludes halogenated alkanes) is 3. The molecule has 2 aromatic carbocycles. The lowest BCUT2D eigenvalue weighted by Crippen LogP contribution is -2.07. The predicted octanol–water partition coefficient (Wildman–Crippen LogP) is 5.60. The fraction of sp³-hybridized carbons (Fsp3) is 0.292. The van der Waals surface area contributed by atoms with Crippen molar-refractivity contribution in [1.82, 2.24) is 9.69 Å². The number of nitrogens with zero attached hydrogens (tertiary/aromatic N) is 1. The first-order valence-corrected chi connectivity index (χ1v) is 12.0. The summed E-state index contributed by atoms with van der Waals surface area (Å²) in [5.41, 5.74) is 2.18. The molecule has 0 saturated heterocycles. The molecule has 0 saturated carbocycles. The van der Waals surface area contributed by atoms with Gasteiger partial charge < -0.3 is 20.3 Å². The Bertz CT molecular complexity index is 1050. The molecule has 0 aliphatic carbocycles. The van der Waals surface area contributed by atoms with Gasteiger partial charge in [-0.05, 0) is 74.4 Å². The van der Waals surface area contributed by atoms with Crippen molar-refractivity contribution in [2.45, 2.75) is 25.7 Å². The number of carboxylic acids is 2. The summed E-state index contributed by atoms with van der Waals surface area (Å²) in [5.74, 6) is -1.58. The number of rotatable bonds is 11. The summed E-state index contributed by atoms with van der Waals surface area (Å²) in [6.45, 7) is 1.89. The minimum absolute atomic E-state index is 0.558. The SMILES string of the molecule is CNCCCCCCOc1ccc(-c2nsc3cc(Br)ccc23)cc1.O=C(O)/C=C/C(=O)O. The molecule has 0 unspecified atom stereocenters. The van der Waals surface area contributed by atoms with E-state index in [1.807, 2.05) is 19.2 Å². The molecule has 0 bridgehead atoms. The third-order valence-electron chi connectivity index (χ3n) is 4.52. The molecular weight excluding hydrogens is 508 g/mol. The maximum absolute atomic E-state index is 9.55. The Balaban J connectivity index is 0.000000414. The van der Waals surface area contributed by atoms with Crippen molar-refractivity contribution in [3.05, 3.63) is 59.1 Å². The zero-order chi connectivity index (χ0) is 24.1. The number of fused-ring (bicyclic) bond motifs is 1. The average molecular weight is 535 g/mol. The second-order valence-electron chi connectivity index (χ2n) is 7.07. The van der Waals surface area contributed by atoms with E-state index in [-0.39, 0.29) is 0 Å². The van der Waals surface area contributed by atoms with E-state index in [4.69, 9.17) is 14.9 Å². The average Bonchev–Trinajstić information content (AvgIpc) is 3.21. The van der Waals surface area contributed by atoms with Crippen molar-refractivity contribution < 1.29 is 24.5 Å². The minimum Gasteiger partial charge on any atom is -0.494 e. The van der Waals surface area contributed by atoms with E-state index in [1.165, 1.54) is 40.9 Å². The molecule has 3 aromatic rings. The first kappa shape index (κ1) is 26.5. The number of benzene rings is 2. The van der Waals surface area contributed by atoms with E-state index < -0.39 is 11.9 Å². The molecule has 33 heavy (non-hydrogen) atoms. The molecule has 0 aliphatic heterocycles. The van der Waals surface area contributed by atoms with Gasteiger partial charge in [0, 0.05) is 27.6 Å². The highest BCUT2D eigenvalue weighted by atomic mass is 79.9. The van der Waals surface area contributed by atoms with E-state index in [0.29, 0.717) is 12.2 Å². The molecule has 3 N–H and O–H groups in total. The zero-order valence-electron chi connectivity index (χ0n) is 18.3. The van der Waals surface area contributed by atoms with Gasteiger partial charge in [-0.25, -0.2) is 9.59 Å². The normalized spacial score (nSPS) is 10.7. The summed E-state index contributed by atoms with van der Waals surface area (Å²) in [7, 11) is 2.00. The highest BCUT2D eigenvalue weighted by molar-refractivity contribution is 9.10. The fourth-order valence-corrected chi connectivity index (χ4v) is 4.27. The van der Waals surface area contributed by atoms with Crippen LogP contribution in [0.1, 0.15) is 25.7 Å². The van der Waals surface area contributed by atoms with Crippen LogP contribution in [0.4, 0.5) is 0 Å². The lowest BCUT2D eigenvalue weighted by atomic mass is 10.1. The van der Waals surface area contributed by atoms with Crippen LogP contribution in [0, 0.1) is 0 Å². The van der Waals surface area contributed by atoms with Crippen molar-refractivity contribution in [2.75, 3.05) is 20.2 Å². The minimum atomic E-state index is -1.26. The zero-order valence-corrected chi connectivity index (χ0v) is 20.7. The highest BCUT2D eigenvalue weighted by Gasteiger charge is 2.09. The van der Waals surface area contributed by atoms with Crippen molar-refractivity contribution in [3.63, 3.8) is 0 Å². The maximum Gasteiger partial charge on any atom is 0.328 e. The van der Waals surface area contributed by atoms with Crippen molar-refractivity contribution >= 4 is 49.5 Å². The van der Waals surface area contributed by atoms with Gasteiger partial charge in [-0.15, -0.1) is 0 Å². The summed E-state index contributed by atoms with van der Waals surface area (Å²) < 4.78 is 12.8. The fourth-order valence-electron chi connectivity index (χ4n) is 2.92. The maximum atomic E-state index is 9.55. The van der Waals surface area contributed by atoms with Crippen LogP contribution >= 0.6 is 27.5 Å². The van der Waals surface area contributed by atoms with E-state index in [0.717, 1.165) is 41.1 Å². The molecule has 176 valence electrons. The summed E-state index contributed by atoms with van der Waals surface area (Å²) in [4.78, 5) is 19.1. The number of nitrogens with one attached hydrogen (secondary N) is 1. The molecule has 9 heteroatoms. The smallest absolute Gasteiger partial charge is 0.328 e. The van der Waals surface area contributed by atoms with Gasteiger partial charge in [0.05, 0.1) is 17.0 Å². The van der Waals surface area contributed by atoms with Gasteiger partial charge in [0.2, 0.25) is 0 Å². The van der Waals surface area contributed by atoms with E-state index in [1.54, 1.807) is 0 Å². The molecule has 0 radical (unpaired) electrons. The Hall–Kier alpha value is -2.75. The second kappa shape index (κ2) is 14.4. The summed E-state index contributed by atoms with van der Waals surface area (Å²) in [6, 6.07) is 14.6. The molecule has 1 heterocycles. The first-order chi connectivity index (χ1) is 15.9. The number of carbonyl (C=O) groups is 2. The Morgan fingerprint density at radius 3 is 2.33 bits per heavy atom. The molecule has 0 aliphatic rings. The van der Waals surface area contributed by atoms with Crippen LogP contribution in [0.15, 0.2) is 59.1 Å². The van der Waals surface area contributed by atoms with Gasteiger partial charge >= 0.3 is 11.9 Å². The van der Waals surface area contributed by atoms with E-state index in [9.17, 15) is 9.59 Å². The molecular formula is C24H27BrN2O5S. The van der Waals surface area contributed by atoms with Crippen LogP contribution in [-0.2, 0) is 9.59 Å². The van der Waals surface area contributed by atoms with Crippen molar-refractivity contribution in [1.29, 1.82) is 0 Å². The largest absolute Gasteiger partial charge is 0.494 e. The Labute approximate surface area is 205 Å². The van der Waals surface area contributed by atoms with Crippen LogP contribution in [0.5, 0.6) is 5.75 Å². The number of aliphatic carboxylic acids is 2. The molecule has 0 atom stereocenters. The third-order valence-corrected chi connectivity index (χ3v) is 5.82. The number of halogens is 1. The van der Waals surface area contributed by atoms with Crippen LogP contribution in [0.3, 0.4) is 0 Å². The molecule has 0 amide bonds. The quantitative estimate of drug-likeness (QED) is 0.217. The Morgan fingerprint density at radius 2 is 1.70 bits per heavy atom. The summed E-state index contributed by atoms with van der Waals surface area (Å²) in [5, 5.41) is 20.0. The molecule has 0 fully saturated rings. The number of aromatic nitrogens is 1. The van der Waals surface area contributed by atoms with Crippen LogP contribution in [0.25, 0.3) is 21.3 Å². The number of hydrogen-bond acceptors (Lipinski definition) is 6. The van der Waals surface area contributed by atoms with Crippen molar-refractivity contribution in [3.8, 4) is 17.0 Å². The van der Waals surface area contributed by atoms with Crippen LogP contribution in [0.2, 0.25) is 0 Å². The molecule has 7 nitrogen and oxygen atoms in total. The van der Waals surface area contributed by atoms with E-state index in [2.05, 4.69) is 56.0 Å². The number of hydrogen-bond donors (Lipinski definition) is 3. The third kappa shape index (κ3) is 9.73. The van der Waals surface area contributed by atoms with Gasteiger partial charge in [0.15, 0.2) is 0 Å². The summed E-state index contributed by atoms with van der Waals surface area (Å²) >= 11 is 5.05. The lowest BCUT2D eigenvalue weighted by Gasteiger charge is -2.07. The lowest BCUT2D eigenvalue weighted by molar-refractivity contribution is -0.134. The summed E-state index contributed by atoms with van der Waals surface area (Å²) in [6.07, 6.45) is 5.95. The molecule has 0 spiro atoms. The Kier molecular flexibility index (Phi) is 11.6. The van der Waals surface area contributed by atoms with Gasteiger partial charge in [-0.2, -0.15) is 4.37 Å². The number of ether oxygens (including phenoxy) is 1. The topological polar surface area (TPSA) is 109 Å². The van der Waals surface area contributed by atoms with E-state index >= 15 is 0 Å². The van der Waals surface area contributed by atoms with Gasteiger partial charge in [-0.1, -0.05) is 34.8 Å². The Morgan fingerprint density at radius 1 is 1.03 bits per heavy atom. The first-order valence-electron chi connectivity index (χ1n) is 10.5. The number of carboxylic acid groups (broad SMARTS) is 2. The van der Waals surface area contributed by atoms with Gasteiger partial charge in [0.1, 0.15) is 5.75 Å². The molecule has 3 rings (SSSR count). The van der Waals surface area contributed by atoms with Gasteiger partial charge in [-0.3, -0.25) is 0 Å². The highest BCUT2D eigenvalue weighted by Crippen LogP contribution is 2.33. The van der Waals surface area contributed by atoms with Crippen LogP contribution < -0.4 is 10.1 Å². The second-order valence-corrected chi connectivity index (χ2v) is 8.79. The standard InChI is InChI=1S/C20H23BrN2OS.C4H4O4/c1-22-12-4-2-3-5-13-24-17-9-6-15(7-10-17)20-18-11-8-16(21)14-19(18)25-23-20;5-3(6)1-2-4(7)8/h6-11,14,22H,2-5,12-13H2,1H3;1-2H,(H,5,6)(H,7,8)/b;2-1+.